The van der Waals surface area contributed by atoms with Gasteiger partial charge in [0.2, 0.25) is 0 Å². The molecule has 0 bridgehead atoms. The first-order valence-electron chi connectivity index (χ1n) is 6.19. The van der Waals surface area contributed by atoms with E-state index in [2.05, 4.69) is 32.2 Å². The van der Waals surface area contributed by atoms with E-state index in [4.69, 9.17) is 16.7 Å². The molecule has 0 aliphatic rings. The molecule has 4 heteroatoms. The van der Waals surface area contributed by atoms with Crippen LogP contribution in [0.5, 0.6) is 0 Å². The highest BCUT2D eigenvalue weighted by Gasteiger charge is 2.11. The van der Waals surface area contributed by atoms with Gasteiger partial charge in [0.05, 0.1) is 0 Å². The van der Waals surface area contributed by atoms with Crippen LogP contribution in [0.3, 0.4) is 0 Å². The van der Waals surface area contributed by atoms with E-state index in [1.54, 1.807) is 11.8 Å². The number of hydrogen-bond donors (Lipinski definition) is 2. The van der Waals surface area contributed by atoms with E-state index in [-0.39, 0.29) is 12.1 Å². The molecule has 2 N–H and O–H groups in total. The van der Waals surface area contributed by atoms with Crippen molar-refractivity contribution in [3.05, 3.63) is 28.8 Å². The summed E-state index contributed by atoms with van der Waals surface area (Å²) in [6.07, 6.45) is 0.809. The Morgan fingerprint density at radius 1 is 1.33 bits per heavy atom. The van der Waals surface area contributed by atoms with Crippen LogP contribution in [0.15, 0.2) is 23.1 Å². The molecular weight excluding hydrogens is 266 g/mol. The lowest BCUT2D eigenvalue weighted by atomic mass is 10.1. The molecular formula is C14H22ClNOS. The number of thioether (sulfide) groups is 1. The smallest absolute Gasteiger partial charge is 0.0439 e. The molecule has 102 valence electrons. The van der Waals surface area contributed by atoms with Crippen molar-refractivity contribution in [1.82, 2.24) is 5.32 Å². The summed E-state index contributed by atoms with van der Waals surface area (Å²) >= 11 is 7.79. The number of halogens is 1. The Kier molecular flexibility index (Phi) is 6.50. The lowest BCUT2D eigenvalue weighted by Crippen LogP contribution is -2.35. The number of aliphatic hydroxyl groups excluding tert-OH is 1. The van der Waals surface area contributed by atoms with Crippen molar-refractivity contribution in [1.29, 1.82) is 0 Å². The molecule has 0 spiro atoms. The Morgan fingerprint density at radius 3 is 2.67 bits per heavy atom. The third-order valence-corrected chi connectivity index (χ3v) is 3.82. The van der Waals surface area contributed by atoms with Gasteiger partial charge < -0.3 is 10.4 Å². The summed E-state index contributed by atoms with van der Waals surface area (Å²) in [5.74, 6) is 0.916. The second-order valence-corrected chi connectivity index (χ2v) is 6.85. The summed E-state index contributed by atoms with van der Waals surface area (Å²) in [6, 6.07) is 6.00. The van der Waals surface area contributed by atoms with Crippen LogP contribution >= 0.6 is 23.4 Å². The van der Waals surface area contributed by atoms with E-state index >= 15 is 0 Å². The molecule has 18 heavy (non-hydrogen) atoms. The highest BCUT2D eigenvalue weighted by Crippen LogP contribution is 2.27. The molecule has 0 saturated carbocycles. The van der Waals surface area contributed by atoms with Crippen LogP contribution < -0.4 is 5.32 Å². The molecule has 0 unspecified atom stereocenters. The van der Waals surface area contributed by atoms with E-state index in [0.717, 1.165) is 23.7 Å². The molecule has 0 amide bonds. The summed E-state index contributed by atoms with van der Waals surface area (Å²) in [4.78, 5) is 1.20. The fraction of sp³-hybridized carbons (Fsp3) is 0.571. The Hall–Kier alpha value is -0.220. The van der Waals surface area contributed by atoms with Crippen molar-refractivity contribution in [2.75, 3.05) is 12.4 Å². The van der Waals surface area contributed by atoms with Crippen molar-refractivity contribution in [3.63, 3.8) is 0 Å². The topological polar surface area (TPSA) is 32.3 Å². The van der Waals surface area contributed by atoms with E-state index < -0.39 is 0 Å². The fourth-order valence-electron chi connectivity index (χ4n) is 1.42. The Morgan fingerprint density at radius 2 is 2.06 bits per heavy atom. The summed E-state index contributed by atoms with van der Waals surface area (Å²) in [7, 11) is 0. The maximum absolute atomic E-state index is 8.83. The number of rotatable bonds is 6. The van der Waals surface area contributed by atoms with Gasteiger partial charge in [0.1, 0.15) is 0 Å². The minimum Gasteiger partial charge on any atom is -0.396 e. The highest BCUT2D eigenvalue weighted by atomic mass is 35.5. The monoisotopic (exact) mass is 287 g/mol. The minimum absolute atomic E-state index is 0.104. The van der Waals surface area contributed by atoms with Gasteiger partial charge in [-0.3, -0.25) is 0 Å². The molecule has 0 atom stereocenters. The van der Waals surface area contributed by atoms with Crippen LogP contribution in [0.2, 0.25) is 5.02 Å². The zero-order valence-electron chi connectivity index (χ0n) is 11.3. The van der Waals surface area contributed by atoms with Crippen LogP contribution in [0, 0.1) is 0 Å². The first-order valence-corrected chi connectivity index (χ1v) is 7.56. The van der Waals surface area contributed by atoms with Gasteiger partial charge in [-0.15, -0.1) is 11.8 Å². The van der Waals surface area contributed by atoms with E-state index in [1.165, 1.54) is 10.5 Å². The standard InChI is InChI=1S/C14H22ClNOS/c1-14(2,3)16-10-11-5-6-12(15)9-13(11)18-8-4-7-17/h5-6,9,16-17H,4,7-8,10H2,1-3H3. The van der Waals surface area contributed by atoms with Gasteiger partial charge in [-0.05, 0) is 44.9 Å². The fourth-order valence-corrected chi connectivity index (χ4v) is 2.68. The molecule has 1 aromatic carbocycles. The van der Waals surface area contributed by atoms with Crippen LogP contribution in [-0.4, -0.2) is 23.0 Å². The molecule has 0 fully saturated rings. The molecule has 0 radical (unpaired) electrons. The van der Waals surface area contributed by atoms with Crippen molar-refractivity contribution >= 4 is 23.4 Å². The maximum atomic E-state index is 8.83. The van der Waals surface area contributed by atoms with Gasteiger partial charge in [0.25, 0.3) is 0 Å². The minimum atomic E-state index is 0.104. The second-order valence-electron chi connectivity index (χ2n) is 5.28. The average Bonchev–Trinajstić information content (AvgIpc) is 2.27. The van der Waals surface area contributed by atoms with Gasteiger partial charge in [-0.2, -0.15) is 0 Å². The van der Waals surface area contributed by atoms with Gasteiger partial charge in [-0.1, -0.05) is 17.7 Å². The van der Waals surface area contributed by atoms with Crippen molar-refractivity contribution in [3.8, 4) is 0 Å². The number of benzene rings is 1. The molecule has 0 aliphatic heterocycles. The number of aliphatic hydroxyl groups is 1. The van der Waals surface area contributed by atoms with E-state index in [0.29, 0.717) is 0 Å². The van der Waals surface area contributed by atoms with Crippen LogP contribution in [-0.2, 0) is 6.54 Å². The Labute approximate surface area is 119 Å². The SMILES string of the molecule is CC(C)(C)NCc1ccc(Cl)cc1SCCCO. The largest absolute Gasteiger partial charge is 0.396 e. The summed E-state index contributed by atoms with van der Waals surface area (Å²) in [5, 5.41) is 13.1. The lowest BCUT2D eigenvalue weighted by Gasteiger charge is -2.21. The zero-order chi connectivity index (χ0) is 13.6. The Bertz CT molecular complexity index is 377. The van der Waals surface area contributed by atoms with Crippen LogP contribution in [0.25, 0.3) is 0 Å². The van der Waals surface area contributed by atoms with Crippen molar-refractivity contribution in [2.45, 2.75) is 44.2 Å². The third kappa shape index (κ3) is 6.10. The third-order valence-electron chi connectivity index (χ3n) is 2.40. The lowest BCUT2D eigenvalue weighted by molar-refractivity contribution is 0.296. The normalized spacial score (nSPS) is 11.8. The van der Waals surface area contributed by atoms with Gasteiger partial charge in [-0.25, -0.2) is 0 Å². The molecule has 1 rings (SSSR count). The first kappa shape index (κ1) is 15.8. The van der Waals surface area contributed by atoms with Crippen LogP contribution in [0.4, 0.5) is 0 Å². The van der Waals surface area contributed by atoms with E-state index in [1.807, 2.05) is 12.1 Å². The summed E-state index contributed by atoms with van der Waals surface area (Å²) in [5.41, 5.74) is 1.37. The zero-order valence-corrected chi connectivity index (χ0v) is 12.9. The number of nitrogens with one attached hydrogen (secondary N) is 1. The van der Waals surface area contributed by atoms with Gasteiger partial charge >= 0.3 is 0 Å². The van der Waals surface area contributed by atoms with Gasteiger partial charge in [0, 0.05) is 34.4 Å². The van der Waals surface area contributed by atoms with Gasteiger partial charge in [0.15, 0.2) is 0 Å². The molecule has 2 nitrogen and oxygen atoms in total. The highest BCUT2D eigenvalue weighted by molar-refractivity contribution is 7.99. The molecule has 0 saturated heterocycles. The predicted molar refractivity (Wildman–Crippen MR) is 80.5 cm³/mol. The first-order chi connectivity index (χ1) is 8.42. The molecule has 0 heterocycles. The maximum Gasteiger partial charge on any atom is 0.0439 e. The quantitative estimate of drug-likeness (QED) is 0.618. The van der Waals surface area contributed by atoms with Crippen molar-refractivity contribution < 1.29 is 5.11 Å². The second kappa shape index (κ2) is 7.39. The molecule has 0 aliphatic carbocycles. The van der Waals surface area contributed by atoms with E-state index in [9.17, 15) is 0 Å². The Balaban J connectivity index is 2.70. The molecule has 0 aromatic heterocycles. The number of hydrogen-bond acceptors (Lipinski definition) is 3. The predicted octanol–water partition coefficient (Wildman–Crippen LogP) is 3.70. The summed E-state index contributed by atoms with van der Waals surface area (Å²) < 4.78 is 0. The van der Waals surface area contributed by atoms with Crippen LogP contribution in [0.1, 0.15) is 32.8 Å². The van der Waals surface area contributed by atoms with Crippen molar-refractivity contribution in [2.24, 2.45) is 0 Å². The summed E-state index contributed by atoms with van der Waals surface area (Å²) in [6.45, 7) is 7.54. The average molecular weight is 288 g/mol. The molecule has 1 aromatic rings.